The van der Waals surface area contributed by atoms with Crippen LogP contribution in [0.4, 0.5) is 0 Å². The van der Waals surface area contributed by atoms with E-state index >= 15 is 0 Å². The Hall–Kier alpha value is -3.20. The van der Waals surface area contributed by atoms with E-state index in [0.717, 1.165) is 46.4 Å². The average molecular weight is 513 g/mol. The fourth-order valence-electron chi connectivity index (χ4n) is 3.68. The summed E-state index contributed by atoms with van der Waals surface area (Å²) < 4.78 is 0. The standard InChI is InChI=1S/C26H29ClN4O3S/c27-22-7-2-1-6-19(22)21-16-35-23(8-3-5-17-9-11-18(12-10-17)25(28)34)20(21)15-24(33)31-26(29)30-13-4-14-32/h1-2,6-7,9-12,16,32H,3-5,8,13-15H2,(H2,28,34)(H3,29,30,31,33). The number of aliphatic hydroxyl groups is 1. The molecule has 0 saturated heterocycles. The third-order valence-electron chi connectivity index (χ3n) is 5.46. The summed E-state index contributed by atoms with van der Waals surface area (Å²) >= 11 is 8.07. The molecule has 0 spiro atoms. The van der Waals surface area contributed by atoms with E-state index in [2.05, 4.69) is 10.3 Å². The molecule has 7 nitrogen and oxygen atoms in total. The van der Waals surface area contributed by atoms with Gasteiger partial charge in [-0.25, -0.2) is 0 Å². The summed E-state index contributed by atoms with van der Waals surface area (Å²) in [5, 5.41) is 14.2. The van der Waals surface area contributed by atoms with Crippen LogP contribution in [0.1, 0.15) is 39.2 Å². The number of aliphatic imine (C=N–C) groups is 1. The van der Waals surface area contributed by atoms with Crippen molar-refractivity contribution in [1.82, 2.24) is 5.32 Å². The number of hydrogen-bond acceptors (Lipinski definition) is 5. The number of carbonyl (C=O) groups excluding carboxylic acids is 2. The number of amides is 2. The van der Waals surface area contributed by atoms with Crippen LogP contribution in [-0.4, -0.2) is 36.0 Å². The van der Waals surface area contributed by atoms with Gasteiger partial charge in [-0.15, -0.1) is 11.3 Å². The Morgan fingerprint density at radius 2 is 1.74 bits per heavy atom. The zero-order chi connectivity index (χ0) is 25.2. The Kier molecular flexibility index (Phi) is 9.84. The Balaban J connectivity index is 1.75. The summed E-state index contributed by atoms with van der Waals surface area (Å²) in [6.07, 6.45) is 3.11. The zero-order valence-electron chi connectivity index (χ0n) is 19.3. The lowest BCUT2D eigenvalue weighted by atomic mass is 9.97. The van der Waals surface area contributed by atoms with E-state index in [1.54, 1.807) is 23.5 Å². The Bertz CT molecular complexity index is 1190. The summed E-state index contributed by atoms with van der Waals surface area (Å²) in [5.41, 5.74) is 15.5. The van der Waals surface area contributed by atoms with Crippen LogP contribution >= 0.6 is 22.9 Å². The normalized spacial score (nSPS) is 11.4. The Morgan fingerprint density at radius 3 is 2.43 bits per heavy atom. The largest absolute Gasteiger partial charge is 0.396 e. The van der Waals surface area contributed by atoms with Crippen molar-refractivity contribution in [3.8, 4) is 11.1 Å². The van der Waals surface area contributed by atoms with Crippen LogP contribution in [0.15, 0.2) is 58.9 Å². The van der Waals surface area contributed by atoms with Crippen LogP contribution in [0.5, 0.6) is 0 Å². The molecule has 0 aliphatic heterocycles. The molecule has 3 aromatic rings. The van der Waals surface area contributed by atoms with E-state index in [0.29, 0.717) is 23.6 Å². The van der Waals surface area contributed by atoms with Gasteiger partial charge in [-0.05, 0) is 66.0 Å². The molecule has 0 fully saturated rings. The minimum atomic E-state index is -0.441. The zero-order valence-corrected chi connectivity index (χ0v) is 20.9. The van der Waals surface area contributed by atoms with E-state index in [9.17, 15) is 9.59 Å². The maximum absolute atomic E-state index is 12.8. The predicted molar refractivity (Wildman–Crippen MR) is 142 cm³/mol. The van der Waals surface area contributed by atoms with Gasteiger partial charge in [0.15, 0.2) is 5.96 Å². The van der Waals surface area contributed by atoms with Gasteiger partial charge in [0.2, 0.25) is 11.8 Å². The number of primary amides is 1. The first-order valence-corrected chi connectivity index (χ1v) is 12.6. The number of carbonyl (C=O) groups is 2. The molecule has 9 heteroatoms. The second-order valence-corrected chi connectivity index (χ2v) is 9.39. The molecular weight excluding hydrogens is 484 g/mol. The Morgan fingerprint density at radius 1 is 1.00 bits per heavy atom. The van der Waals surface area contributed by atoms with Crippen molar-refractivity contribution < 1.29 is 14.7 Å². The summed E-state index contributed by atoms with van der Waals surface area (Å²) in [5.74, 6) is -0.659. The number of guanidine groups is 1. The third-order valence-corrected chi connectivity index (χ3v) is 6.87. The van der Waals surface area contributed by atoms with Crippen molar-refractivity contribution in [2.45, 2.75) is 32.1 Å². The molecule has 0 aliphatic rings. The molecule has 1 aromatic heterocycles. The van der Waals surface area contributed by atoms with Crippen molar-refractivity contribution in [2.24, 2.45) is 16.5 Å². The number of hydrogen-bond donors (Lipinski definition) is 4. The minimum absolute atomic E-state index is 0.0134. The lowest BCUT2D eigenvalue weighted by Gasteiger charge is -2.10. The summed E-state index contributed by atoms with van der Waals surface area (Å²) in [4.78, 5) is 29.2. The lowest BCUT2D eigenvalue weighted by molar-refractivity contribution is -0.119. The van der Waals surface area contributed by atoms with Crippen LogP contribution in [0.3, 0.4) is 0 Å². The fraction of sp³-hybridized carbons (Fsp3) is 0.269. The number of benzene rings is 2. The van der Waals surface area contributed by atoms with Crippen LogP contribution < -0.4 is 16.8 Å². The molecule has 0 unspecified atom stereocenters. The highest BCUT2D eigenvalue weighted by molar-refractivity contribution is 7.10. The van der Waals surface area contributed by atoms with Crippen LogP contribution in [-0.2, 0) is 24.1 Å². The van der Waals surface area contributed by atoms with Gasteiger partial charge >= 0.3 is 0 Å². The highest BCUT2D eigenvalue weighted by Crippen LogP contribution is 2.36. The van der Waals surface area contributed by atoms with Gasteiger partial charge < -0.3 is 16.6 Å². The highest BCUT2D eigenvalue weighted by atomic mass is 35.5. The summed E-state index contributed by atoms with van der Waals surface area (Å²) in [6, 6.07) is 14.9. The highest BCUT2D eigenvalue weighted by Gasteiger charge is 2.18. The summed E-state index contributed by atoms with van der Waals surface area (Å²) in [6.45, 7) is 0.358. The topological polar surface area (TPSA) is 131 Å². The van der Waals surface area contributed by atoms with Gasteiger partial charge in [0.25, 0.3) is 0 Å². The van der Waals surface area contributed by atoms with E-state index < -0.39 is 5.91 Å². The molecule has 0 bridgehead atoms. The van der Waals surface area contributed by atoms with Gasteiger partial charge in [-0.1, -0.05) is 41.9 Å². The van der Waals surface area contributed by atoms with Crippen molar-refractivity contribution in [3.05, 3.63) is 80.5 Å². The van der Waals surface area contributed by atoms with Gasteiger partial charge in [-0.2, -0.15) is 0 Å². The average Bonchev–Trinajstić information content (AvgIpc) is 3.21. The SMILES string of the molecule is NC(=O)c1ccc(CCCc2scc(-c3ccccc3Cl)c2CC(=O)NC(N)=NCCCO)cc1. The van der Waals surface area contributed by atoms with Gasteiger partial charge in [0.1, 0.15) is 0 Å². The van der Waals surface area contributed by atoms with Gasteiger partial charge in [-0.3, -0.25) is 19.9 Å². The molecule has 0 radical (unpaired) electrons. The molecule has 3 rings (SSSR count). The van der Waals surface area contributed by atoms with Crippen molar-refractivity contribution in [2.75, 3.05) is 13.2 Å². The second-order valence-electron chi connectivity index (χ2n) is 8.01. The molecule has 184 valence electrons. The molecule has 0 atom stereocenters. The first-order chi connectivity index (χ1) is 16.9. The maximum Gasteiger partial charge on any atom is 0.248 e. The second kappa shape index (κ2) is 13.0. The summed E-state index contributed by atoms with van der Waals surface area (Å²) in [7, 11) is 0. The third kappa shape index (κ3) is 7.65. The van der Waals surface area contributed by atoms with Gasteiger partial charge in [0.05, 0.1) is 6.42 Å². The van der Waals surface area contributed by atoms with E-state index in [4.69, 9.17) is 28.2 Å². The molecule has 6 N–H and O–H groups in total. The quantitative estimate of drug-likeness (QED) is 0.177. The number of rotatable bonds is 11. The smallest absolute Gasteiger partial charge is 0.248 e. The predicted octanol–water partition coefficient (Wildman–Crippen LogP) is 3.70. The minimum Gasteiger partial charge on any atom is -0.396 e. The van der Waals surface area contributed by atoms with Crippen LogP contribution in [0.25, 0.3) is 11.1 Å². The number of thiophene rings is 1. The number of nitrogens with one attached hydrogen (secondary N) is 1. The van der Waals surface area contributed by atoms with Crippen molar-refractivity contribution in [3.63, 3.8) is 0 Å². The molecule has 35 heavy (non-hydrogen) atoms. The fourth-order valence-corrected chi connectivity index (χ4v) is 5.03. The van der Waals surface area contributed by atoms with Crippen LogP contribution in [0, 0.1) is 0 Å². The Labute approximate surface area is 213 Å². The molecular formula is C26H29ClN4O3S. The lowest BCUT2D eigenvalue weighted by Crippen LogP contribution is -2.38. The molecule has 2 amide bonds. The van der Waals surface area contributed by atoms with E-state index in [1.165, 1.54) is 0 Å². The monoisotopic (exact) mass is 512 g/mol. The van der Waals surface area contributed by atoms with Crippen LogP contribution in [0.2, 0.25) is 5.02 Å². The number of halogens is 1. The van der Waals surface area contributed by atoms with E-state index in [1.807, 2.05) is 41.8 Å². The van der Waals surface area contributed by atoms with E-state index in [-0.39, 0.29) is 24.9 Å². The number of aryl methyl sites for hydroxylation is 2. The van der Waals surface area contributed by atoms with Crippen molar-refractivity contribution in [1.29, 1.82) is 0 Å². The molecule has 1 heterocycles. The number of aliphatic hydroxyl groups excluding tert-OH is 1. The molecule has 2 aromatic carbocycles. The van der Waals surface area contributed by atoms with Crippen molar-refractivity contribution >= 4 is 40.7 Å². The number of nitrogens with zero attached hydrogens (tertiary/aromatic N) is 1. The number of nitrogens with two attached hydrogens (primary N) is 2. The maximum atomic E-state index is 12.8. The first kappa shape index (κ1) is 26.4. The van der Waals surface area contributed by atoms with Gasteiger partial charge in [0, 0.05) is 34.2 Å². The molecule has 0 aliphatic carbocycles. The first-order valence-electron chi connectivity index (χ1n) is 11.3. The molecule has 0 saturated carbocycles.